The number of hydrogen-bond acceptors (Lipinski definition) is 21. The van der Waals surface area contributed by atoms with Crippen LogP contribution in [0.3, 0.4) is 0 Å². The number of carbonyl (C=O) groups is 9. The predicted octanol–water partition coefficient (Wildman–Crippen LogP) is -0.490. The summed E-state index contributed by atoms with van der Waals surface area (Å²) in [5, 5.41) is 61.5. The Balaban J connectivity index is -0.000000141. The molecule has 0 fully saturated rings. The first-order valence-corrected chi connectivity index (χ1v) is 27.6. The zero-order chi connectivity index (χ0) is 66.6. The van der Waals surface area contributed by atoms with E-state index in [4.69, 9.17) is 61.6 Å². The topological polar surface area (TPSA) is 484 Å². The summed E-state index contributed by atoms with van der Waals surface area (Å²) < 4.78 is 21.4. The van der Waals surface area contributed by atoms with E-state index in [1.807, 2.05) is 126 Å². The van der Waals surface area contributed by atoms with Gasteiger partial charge < -0.3 is 94.4 Å². The Morgan fingerprint density at radius 2 is 0.770 bits per heavy atom. The molecule has 0 aromatic heterocycles. The number of rotatable bonds is 21. The van der Waals surface area contributed by atoms with Crippen molar-refractivity contribution in [1.29, 1.82) is 0 Å². The number of hydrogen-bond donors (Lipinski definition) is 15. The maximum absolute atomic E-state index is 11.8. The van der Waals surface area contributed by atoms with Gasteiger partial charge in [0.15, 0.2) is 0 Å². The van der Waals surface area contributed by atoms with Gasteiger partial charge in [0.2, 0.25) is 29.5 Å². The van der Waals surface area contributed by atoms with Crippen molar-refractivity contribution in [3.63, 3.8) is 0 Å². The predicted molar refractivity (Wildman–Crippen MR) is 327 cm³/mol. The van der Waals surface area contributed by atoms with Crippen LogP contribution in [0, 0.1) is 0 Å². The number of alkyl halides is 1. The normalized spacial score (nSPS) is 10.6. The number of halogens is 2. The van der Waals surface area contributed by atoms with Crippen LogP contribution >= 0.6 is 35.0 Å². The Bertz CT molecular complexity index is 2350. The van der Waals surface area contributed by atoms with Crippen LogP contribution in [-0.4, -0.2) is 174 Å². The number of carboxylic acids is 2. The quantitative estimate of drug-likeness (QED) is 0.0165. The molecule has 0 aliphatic heterocycles. The molecule has 0 saturated carbocycles. The van der Waals surface area contributed by atoms with Gasteiger partial charge in [0.25, 0.3) is 0 Å². The number of carbonyl (C=O) groups excluding carboxylic acids is 7. The molecule has 4 rings (SSSR count). The fourth-order valence-electron chi connectivity index (χ4n) is 5.00. The van der Waals surface area contributed by atoms with Gasteiger partial charge in [-0.3, -0.25) is 43.2 Å². The Labute approximate surface area is 555 Å². The van der Waals surface area contributed by atoms with E-state index in [9.17, 15) is 43.2 Å². The van der Waals surface area contributed by atoms with Crippen molar-refractivity contribution in [2.24, 2.45) is 22.9 Å². The molecule has 0 saturated heterocycles. The van der Waals surface area contributed by atoms with Crippen LogP contribution in [-0.2, 0) is 130 Å². The van der Waals surface area contributed by atoms with Crippen LogP contribution in [0.15, 0.2) is 121 Å². The molecular formula is C55H87Ag2ClIN9O19. The number of aliphatic hydroxyl groups is 4. The molecule has 28 nitrogen and oxygen atoms in total. The summed E-state index contributed by atoms with van der Waals surface area (Å²) in [5.41, 5.74) is 24.6. The van der Waals surface area contributed by atoms with Gasteiger partial charge in [-0.25, -0.2) is 0 Å². The van der Waals surface area contributed by atoms with Crippen LogP contribution in [0.2, 0.25) is 0 Å². The molecule has 0 aliphatic carbocycles. The van der Waals surface area contributed by atoms with Crippen molar-refractivity contribution < 1.29 is 135 Å². The van der Waals surface area contributed by atoms with Crippen LogP contribution in [0.4, 0.5) is 0 Å². The first kappa shape index (κ1) is 97.5. The Morgan fingerprint density at radius 1 is 0.483 bits per heavy atom. The zero-order valence-electron chi connectivity index (χ0n) is 49.5. The molecule has 0 bridgehead atoms. The molecule has 4 aromatic rings. The van der Waals surface area contributed by atoms with E-state index in [0.717, 1.165) is 23.8 Å². The Kier molecular flexibility index (Phi) is 77.7. The third-order valence-corrected chi connectivity index (χ3v) is 8.91. The second kappa shape index (κ2) is 69.3. The second-order valence-electron chi connectivity index (χ2n) is 15.8. The van der Waals surface area contributed by atoms with Crippen molar-refractivity contribution in [1.82, 2.24) is 26.6 Å². The van der Waals surface area contributed by atoms with E-state index in [-0.39, 0.29) is 78.2 Å². The third-order valence-electron chi connectivity index (χ3n) is 8.91. The van der Waals surface area contributed by atoms with Crippen molar-refractivity contribution in [2.75, 3.05) is 59.3 Å². The van der Waals surface area contributed by atoms with Crippen LogP contribution in [0.1, 0.15) is 49.9 Å². The zero-order valence-corrected chi connectivity index (χ0v) is 55.4. The van der Waals surface area contributed by atoms with Gasteiger partial charge in [0.1, 0.15) is 30.2 Å². The van der Waals surface area contributed by atoms with Gasteiger partial charge in [-0.05, 0) is 27.2 Å². The summed E-state index contributed by atoms with van der Waals surface area (Å²) in [7, 11) is 3.89. The number of aliphatic carboxylic acids is 2. The number of nitrogens with two attached hydrogens (primary N) is 4. The third kappa shape index (κ3) is 64.5. The van der Waals surface area contributed by atoms with Crippen LogP contribution < -0.4 is 49.5 Å². The SMILES string of the molecule is CC(=O)N[C@H](CO)C(=O)NCc1ccccc1.CC(=O)OC(C)=O.CI.CO.COC[C@@H](N)C(=O)O.COC[C@@H](NC(C)=O)C(=O)NCc1ccccc1.Cl.NCc1ccccc1.N[C@H](CO)C(=O)NCc1ccccc1.N[C@H](CO)C(=O)O.[Ag].[O]=[Ag]. The summed E-state index contributed by atoms with van der Waals surface area (Å²) in [4.78, 5) is 97.5. The minimum atomic E-state index is -1.18. The van der Waals surface area contributed by atoms with Gasteiger partial charge in [-0.15, -0.1) is 12.4 Å². The molecule has 1 radical (unpaired) electrons. The van der Waals surface area contributed by atoms with E-state index in [0.29, 0.717) is 26.2 Å². The fourth-order valence-corrected chi connectivity index (χ4v) is 5.00. The number of esters is 2. The average molecular weight is 1560 g/mol. The summed E-state index contributed by atoms with van der Waals surface area (Å²) in [6.45, 7) is 5.87. The summed E-state index contributed by atoms with van der Waals surface area (Å²) >= 11 is 3.85. The van der Waals surface area contributed by atoms with Crippen molar-refractivity contribution in [3.8, 4) is 0 Å². The molecule has 0 aliphatic rings. The molecule has 0 unspecified atom stereocenters. The van der Waals surface area contributed by atoms with Gasteiger partial charge in [-0.1, -0.05) is 144 Å². The summed E-state index contributed by atoms with van der Waals surface area (Å²) in [6.07, 6.45) is 0. The maximum atomic E-state index is 11.8. The number of amides is 5. The van der Waals surface area contributed by atoms with E-state index >= 15 is 0 Å². The molecule has 87 heavy (non-hydrogen) atoms. The number of methoxy groups -OCH3 is 2. The van der Waals surface area contributed by atoms with E-state index in [1.165, 1.54) is 47.5 Å². The van der Waals surface area contributed by atoms with E-state index in [2.05, 4.69) is 58.6 Å². The summed E-state index contributed by atoms with van der Waals surface area (Å²) in [5.74, 6) is -4.93. The van der Waals surface area contributed by atoms with Gasteiger partial charge in [-0.2, -0.15) is 0 Å². The fraction of sp³-hybridized carbons (Fsp3) is 0.400. The van der Waals surface area contributed by atoms with Crippen molar-refractivity contribution in [2.45, 2.75) is 84.1 Å². The molecular weight excluding hydrogens is 1470 g/mol. The number of aliphatic hydroxyl groups excluding tert-OH is 4. The Morgan fingerprint density at radius 3 is 0.977 bits per heavy atom. The number of ether oxygens (including phenoxy) is 3. The molecule has 5 amide bonds. The summed E-state index contributed by atoms with van der Waals surface area (Å²) in [6, 6.07) is 34.1. The monoisotopic (exact) mass is 1550 g/mol. The Hall–Kier alpha value is -5.79. The van der Waals surface area contributed by atoms with Gasteiger partial charge >= 0.3 is 48.2 Å². The number of benzene rings is 4. The molecule has 0 spiro atoms. The van der Waals surface area contributed by atoms with Crippen molar-refractivity contribution in [3.05, 3.63) is 144 Å². The molecule has 19 N–H and O–H groups in total. The van der Waals surface area contributed by atoms with Crippen LogP contribution in [0.5, 0.6) is 0 Å². The first-order valence-electron chi connectivity index (χ1n) is 24.8. The number of nitrogens with one attached hydrogen (secondary N) is 5. The average Bonchev–Trinajstić information content (AvgIpc) is 3.56. The van der Waals surface area contributed by atoms with E-state index < -0.39 is 73.2 Å². The van der Waals surface area contributed by atoms with Crippen molar-refractivity contribution >= 4 is 88.4 Å². The van der Waals surface area contributed by atoms with Gasteiger partial charge in [0.05, 0.1) is 33.0 Å². The van der Waals surface area contributed by atoms with Gasteiger partial charge in [0, 0.05) is 97.6 Å². The molecule has 502 valence electrons. The second-order valence-corrected chi connectivity index (χ2v) is 15.8. The molecule has 32 heteroatoms. The molecule has 0 heterocycles. The van der Waals surface area contributed by atoms with E-state index in [1.54, 1.807) is 21.0 Å². The van der Waals surface area contributed by atoms with Crippen LogP contribution in [0.25, 0.3) is 0 Å². The molecule has 5 atom stereocenters. The standard InChI is InChI=1S/C13H18N2O3.C12H16N2O3.C10H14N2O2.C7H9N.C4H9NO3.C4H6O3.C3H7NO3.CH3I.CH4O.2Ag.ClH.O/c1-10(16)15-12(9-18-2)13(17)14-8-11-6-4-3-5-7-11;1-9(16)14-11(8-15)12(17)13-7-10-5-3-2-4-6-10;11-9(7-13)10(14)12-6-8-4-2-1-3-5-8;8-6-7-4-2-1-3-5-7;1-8-2-3(5)4(6)7;1-3(5)7-4(2)6;4-2(1-5)3(6)7;2*1-2;;;;/h3-7,12H,8-9H2,1-2H3,(H,14,17)(H,15,16);2-6,11,15H,7-8H2,1H3,(H,13,17)(H,14,16);1-5,9,13H,6-7,11H2,(H,12,14);1-5H,6,8H2;3H,2,5H2,1H3,(H,6,7);1-2H3;2,5H,1,4H2,(H,6,7);1H3;2H,1H3;;;1H;/t12-;11-;9-;;3-;;2-;;;;;;/m111.1.1....../s1. The first-order chi connectivity index (χ1) is 40.4. The molecule has 4 aromatic carbocycles. The minimum absolute atomic E-state index is 0. The number of carboxylic acid groups (broad SMARTS) is 2.